The maximum absolute atomic E-state index is 3.95. The Balaban J connectivity index is 0.000000662. The second-order valence-corrected chi connectivity index (χ2v) is 5.70. The maximum Gasteiger partial charge on any atom is 0.0971 e. The molecule has 1 aromatic heterocycles. The van der Waals surface area contributed by atoms with Crippen LogP contribution in [0, 0.1) is 0 Å². The van der Waals surface area contributed by atoms with E-state index in [0.717, 1.165) is 0 Å². The summed E-state index contributed by atoms with van der Waals surface area (Å²) in [6.07, 6.45) is 13.4. The van der Waals surface area contributed by atoms with E-state index in [-0.39, 0.29) is 0 Å². The molecule has 4 nitrogen and oxygen atoms in total. The minimum atomic E-state index is 1.17. The zero-order valence-electron chi connectivity index (χ0n) is 14.4. The Morgan fingerprint density at radius 2 is 1.52 bits per heavy atom. The molecule has 122 valence electrons. The number of H-pyrrole nitrogens is 1. The highest BCUT2D eigenvalue weighted by Crippen LogP contribution is 2.14. The first-order chi connectivity index (χ1) is 10.2. The van der Waals surface area contributed by atoms with Gasteiger partial charge in [-0.05, 0) is 25.3 Å². The van der Waals surface area contributed by atoms with Crippen LogP contribution in [0.1, 0.15) is 59.3 Å². The predicted molar refractivity (Wildman–Crippen MR) is 91.0 cm³/mol. The smallest absolute Gasteiger partial charge is 0.0971 e. The zero-order valence-corrected chi connectivity index (χ0v) is 14.4. The Kier molecular flexibility index (Phi) is 13.0. The molecule has 0 saturated heterocycles. The highest BCUT2D eigenvalue weighted by Gasteiger charge is 2.23. The normalized spacial score (nSPS) is 10.8. The Bertz CT molecular complexity index is 270. The minimum Gasteiger partial charge on any atom is -0.320 e. The summed E-state index contributed by atoms with van der Waals surface area (Å²) in [7, 11) is 0. The average Bonchev–Trinajstić information content (AvgIpc) is 3.08. The number of unbranched alkanes of at least 4 members (excludes halogenated alkanes) is 3. The van der Waals surface area contributed by atoms with Crippen LogP contribution < -0.4 is 0 Å². The summed E-state index contributed by atoms with van der Waals surface area (Å²) in [6.45, 7) is 16.1. The van der Waals surface area contributed by atoms with Crippen LogP contribution in [-0.2, 0) is 0 Å². The molecular formula is C17H35N4+. The highest BCUT2D eigenvalue weighted by molar-refractivity contribution is 4.66. The van der Waals surface area contributed by atoms with Gasteiger partial charge in [0.1, 0.15) is 0 Å². The molecule has 0 aliphatic carbocycles. The third-order valence-corrected chi connectivity index (χ3v) is 3.81. The maximum atomic E-state index is 3.95. The van der Waals surface area contributed by atoms with Crippen molar-refractivity contribution in [1.29, 1.82) is 0 Å². The molecule has 0 radical (unpaired) electrons. The van der Waals surface area contributed by atoms with Crippen molar-refractivity contribution in [2.24, 2.45) is 0 Å². The lowest BCUT2D eigenvalue weighted by atomic mass is 10.1. The van der Waals surface area contributed by atoms with Crippen LogP contribution in [0.25, 0.3) is 0 Å². The fourth-order valence-corrected chi connectivity index (χ4v) is 2.53. The number of nitrogens with zero attached hydrogens (tertiary/aromatic N) is 3. The third kappa shape index (κ3) is 10.2. The highest BCUT2D eigenvalue weighted by atomic mass is 15.3. The molecule has 0 bridgehead atoms. The van der Waals surface area contributed by atoms with Crippen LogP contribution in [-0.4, -0.2) is 46.1 Å². The quantitative estimate of drug-likeness (QED) is 0.491. The van der Waals surface area contributed by atoms with Crippen LogP contribution in [0.2, 0.25) is 0 Å². The number of aromatic nitrogens is 3. The summed E-state index contributed by atoms with van der Waals surface area (Å²) in [6, 6.07) is 0. The molecule has 0 fully saturated rings. The first kappa shape index (κ1) is 19.8. The Labute approximate surface area is 131 Å². The van der Waals surface area contributed by atoms with Gasteiger partial charge in [0.25, 0.3) is 0 Å². The number of rotatable bonds is 11. The molecule has 0 atom stereocenters. The van der Waals surface area contributed by atoms with Gasteiger partial charge in [0.2, 0.25) is 0 Å². The van der Waals surface area contributed by atoms with Crippen LogP contribution in [0.3, 0.4) is 0 Å². The van der Waals surface area contributed by atoms with E-state index in [1.54, 1.807) is 12.4 Å². The van der Waals surface area contributed by atoms with Gasteiger partial charge in [-0.2, -0.15) is 0 Å². The number of quaternary nitrogens is 1. The second-order valence-electron chi connectivity index (χ2n) is 5.70. The molecule has 1 rings (SSSR count). The van der Waals surface area contributed by atoms with Crippen LogP contribution >= 0.6 is 0 Å². The van der Waals surface area contributed by atoms with E-state index in [9.17, 15) is 0 Å². The molecule has 21 heavy (non-hydrogen) atoms. The van der Waals surface area contributed by atoms with E-state index in [1.807, 2.05) is 0 Å². The van der Waals surface area contributed by atoms with Crippen LogP contribution in [0.5, 0.6) is 0 Å². The summed E-state index contributed by atoms with van der Waals surface area (Å²) >= 11 is 0. The van der Waals surface area contributed by atoms with E-state index in [2.05, 4.69) is 48.8 Å². The standard InChI is InChI=1S/C15H32N.C2H3N3/c1-5-9-13-16(12-8-4,14-10-6-2)15-11-7-3;1-2-4-5-3-1/h8H,4-7,9-15H2,1-3H3;1-2H,(H,3,4,5)/q+1;. The molecule has 0 aromatic carbocycles. The summed E-state index contributed by atoms with van der Waals surface area (Å²) in [4.78, 5) is 0. The molecular weight excluding hydrogens is 260 g/mol. The minimum absolute atomic E-state index is 1.17. The molecule has 1 heterocycles. The van der Waals surface area contributed by atoms with Gasteiger partial charge in [0.05, 0.1) is 32.4 Å². The predicted octanol–water partition coefficient (Wildman–Crippen LogP) is 4.19. The van der Waals surface area contributed by atoms with Gasteiger partial charge >= 0.3 is 0 Å². The van der Waals surface area contributed by atoms with Crippen molar-refractivity contribution in [2.45, 2.75) is 59.3 Å². The van der Waals surface area contributed by atoms with Crippen molar-refractivity contribution in [2.75, 3.05) is 26.2 Å². The van der Waals surface area contributed by atoms with E-state index in [0.29, 0.717) is 0 Å². The molecule has 4 heteroatoms. The molecule has 1 aromatic rings. The van der Waals surface area contributed by atoms with Crippen molar-refractivity contribution in [3.63, 3.8) is 0 Å². The first-order valence-corrected chi connectivity index (χ1v) is 8.51. The van der Waals surface area contributed by atoms with E-state index in [1.165, 1.54) is 69.2 Å². The van der Waals surface area contributed by atoms with E-state index in [4.69, 9.17) is 0 Å². The number of aromatic amines is 1. The van der Waals surface area contributed by atoms with Gasteiger partial charge in [-0.1, -0.05) is 51.8 Å². The lowest BCUT2D eigenvalue weighted by Gasteiger charge is -2.38. The lowest BCUT2D eigenvalue weighted by molar-refractivity contribution is -0.923. The van der Waals surface area contributed by atoms with Gasteiger partial charge in [-0.3, -0.25) is 5.10 Å². The van der Waals surface area contributed by atoms with Gasteiger partial charge in [-0.15, -0.1) is 5.10 Å². The molecule has 0 spiro atoms. The monoisotopic (exact) mass is 295 g/mol. The molecule has 1 N–H and O–H groups in total. The van der Waals surface area contributed by atoms with Crippen molar-refractivity contribution in [1.82, 2.24) is 15.4 Å². The molecule has 0 unspecified atom stereocenters. The molecule has 0 saturated carbocycles. The fraction of sp³-hybridized carbons (Fsp3) is 0.765. The third-order valence-electron chi connectivity index (χ3n) is 3.81. The van der Waals surface area contributed by atoms with Crippen molar-refractivity contribution in [3.05, 3.63) is 25.0 Å². The summed E-state index contributed by atoms with van der Waals surface area (Å²) in [5.74, 6) is 0. The molecule has 0 aliphatic heterocycles. The Morgan fingerprint density at radius 1 is 1.00 bits per heavy atom. The summed E-state index contributed by atoms with van der Waals surface area (Å²) in [5, 5.41) is 9.26. The molecule has 0 aliphatic rings. The topological polar surface area (TPSA) is 41.6 Å². The largest absolute Gasteiger partial charge is 0.320 e. The SMILES string of the molecule is C=CC[N+](CCCC)(CCCC)CCCC.c1c[nH]nn1. The van der Waals surface area contributed by atoms with Crippen LogP contribution in [0.15, 0.2) is 25.0 Å². The van der Waals surface area contributed by atoms with Crippen molar-refractivity contribution < 1.29 is 4.48 Å². The number of nitrogens with one attached hydrogen (secondary N) is 1. The van der Waals surface area contributed by atoms with E-state index >= 15 is 0 Å². The molecule has 0 amide bonds. The van der Waals surface area contributed by atoms with Crippen molar-refractivity contribution in [3.8, 4) is 0 Å². The van der Waals surface area contributed by atoms with Crippen LogP contribution in [0.4, 0.5) is 0 Å². The summed E-state index contributed by atoms with van der Waals surface area (Å²) < 4.78 is 1.29. The Hall–Kier alpha value is -1.16. The first-order valence-electron chi connectivity index (χ1n) is 8.51. The van der Waals surface area contributed by atoms with Gasteiger partial charge in [-0.25, -0.2) is 0 Å². The fourth-order valence-electron chi connectivity index (χ4n) is 2.53. The van der Waals surface area contributed by atoms with Gasteiger partial charge < -0.3 is 4.48 Å². The Morgan fingerprint density at radius 3 is 1.76 bits per heavy atom. The average molecular weight is 295 g/mol. The zero-order chi connectivity index (χ0) is 15.8. The van der Waals surface area contributed by atoms with Gasteiger partial charge in [0.15, 0.2) is 0 Å². The van der Waals surface area contributed by atoms with Crippen molar-refractivity contribution >= 4 is 0 Å². The van der Waals surface area contributed by atoms with E-state index < -0.39 is 0 Å². The second kappa shape index (κ2) is 13.8. The number of hydrogen-bond acceptors (Lipinski definition) is 2. The lowest BCUT2D eigenvalue weighted by Crippen LogP contribution is -2.50. The summed E-state index contributed by atoms with van der Waals surface area (Å²) in [5.41, 5.74) is 0. The number of hydrogen-bond donors (Lipinski definition) is 1. The van der Waals surface area contributed by atoms with Gasteiger partial charge in [0, 0.05) is 6.20 Å².